The van der Waals surface area contributed by atoms with Gasteiger partial charge in [-0.15, -0.1) is 12.4 Å². The first kappa shape index (κ1) is 18.4. The summed E-state index contributed by atoms with van der Waals surface area (Å²) in [6.45, 7) is 1.33. The molecule has 0 saturated carbocycles. The Bertz CT molecular complexity index is 479. The van der Waals surface area contributed by atoms with Crippen molar-refractivity contribution >= 4 is 18.3 Å². The van der Waals surface area contributed by atoms with Gasteiger partial charge in [0.1, 0.15) is 0 Å². The number of ether oxygens (including phenoxy) is 3. The molecule has 0 spiro atoms. The van der Waals surface area contributed by atoms with Crippen LogP contribution < -0.4 is 24.8 Å². The monoisotopic (exact) mass is 330 g/mol. The average Bonchev–Trinajstić information content (AvgIpc) is 3.05. The number of hydrogen-bond donors (Lipinski definition) is 2. The zero-order valence-electron chi connectivity index (χ0n) is 13.1. The lowest BCUT2D eigenvalue weighted by Gasteiger charge is -2.15. The van der Waals surface area contributed by atoms with E-state index in [1.165, 1.54) is 0 Å². The molecule has 1 aliphatic heterocycles. The summed E-state index contributed by atoms with van der Waals surface area (Å²) in [6.07, 6.45) is 1.93. The van der Waals surface area contributed by atoms with Crippen LogP contribution in [0.5, 0.6) is 17.2 Å². The number of amides is 1. The third kappa shape index (κ3) is 4.18. The summed E-state index contributed by atoms with van der Waals surface area (Å²) < 4.78 is 15.9. The highest BCUT2D eigenvalue weighted by molar-refractivity contribution is 5.85. The van der Waals surface area contributed by atoms with Crippen LogP contribution in [0.3, 0.4) is 0 Å². The smallest absolute Gasteiger partial charge is 0.237 e. The van der Waals surface area contributed by atoms with Gasteiger partial charge in [0.15, 0.2) is 11.5 Å². The van der Waals surface area contributed by atoms with E-state index < -0.39 is 0 Å². The van der Waals surface area contributed by atoms with E-state index in [9.17, 15) is 4.79 Å². The molecular formula is C15H23ClN2O4. The molecule has 1 aromatic rings. The fourth-order valence-corrected chi connectivity index (χ4v) is 2.46. The average molecular weight is 331 g/mol. The summed E-state index contributed by atoms with van der Waals surface area (Å²) in [5.74, 6) is 1.74. The molecule has 1 heterocycles. The van der Waals surface area contributed by atoms with E-state index in [1.807, 2.05) is 12.1 Å². The third-order valence-electron chi connectivity index (χ3n) is 3.57. The number of halogens is 1. The van der Waals surface area contributed by atoms with E-state index in [-0.39, 0.29) is 24.4 Å². The van der Waals surface area contributed by atoms with Gasteiger partial charge >= 0.3 is 0 Å². The first-order chi connectivity index (χ1) is 10.2. The Morgan fingerprint density at radius 1 is 1.23 bits per heavy atom. The number of rotatable bonds is 6. The molecule has 1 aromatic carbocycles. The maximum atomic E-state index is 12.0. The van der Waals surface area contributed by atoms with Gasteiger partial charge < -0.3 is 24.8 Å². The van der Waals surface area contributed by atoms with Crippen molar-refractivity contribution in [3.05, 3.63) is 17.7 Å². The second-order valence-corrected chi connectivity index (χ2v) is 4.90. The van der Waals surface area contributed by atoms with Gasteiger partial charge in [0, 0.05) is 6.54 Å². The number of carbonyl (C=O) groups is 1. The van der Waals surface area contributed by atoms with Crippen molar-refractivity contribution in [3.63, 3.8) is 0 Å². The van der Waals surface area contributed by atoms with Gasteiger partial charge in [0.05, 0.1) is 27.4 Å². The molecule has 6 nitrogen and oxygen atoms in total. The maximum Gasteiger partial charge on any atom is 0.237 e. The number of benzene rings is 1. The Labute approximate surface area is 136 Å². The lowest BCUT2D eigenvalue weighted by atomic mass is 10.1. The Balaban J connectivity index is 0.00000242. The van der Waals surface area contributed by atoms with Crippen LogP contribution in [0.4, 0.5) is 0 Å². The zero-order valence-corrected chi connectivity index (χ0v) is 13.9. The first-order valence-corrected chi connectivity index (χ1v) is 6.99. The molecule has 1 amide bonds. The van der Waals surface area contributed by atoms with Crippen LogP contribution in [0, 0.1) is 0 Å². The van der Waals surface area contributed by atoms with Gasteiger partial charge in [-0.05, 0) is 37.1 Å². The Morgan fingerprint density at radius 2 is 1.86 bits per heavy atom. The number of methoxy groups -OCH3 is 3. The highest BCUT2D eigenvalue weighted by Gasteiger charge is 2.21. The van der Waals surface area contributed by atoms with Gasteiger partial charge in [-0.2, -0.15) is 0 Å². The number of nitrogens with one attached hydrogen (secondary N) is 2. The predicted octanol–water partition coefficient (Wildman–Crippen LogP) is 1.50. The third-order valence-corrected chi connectivity index (χ3v) is 3.57. The van der Waals surface area contributed by atoms with E-state index in [2.05, 4.69) is 10.6 Å². The molecule has 1 atom stereocenters. The fraction of sp³-hybridized carbons (Fsp3) is 0.533. The summed E-state index contributed by atoms with van der Waals surface area (Å²) >= 11 is 0. The van der Waals surface area contributed by atoms with Crippen molar-refractivity contribution in [2.24, 2.45) is 0 Å². The molecule has 2 rings (SSSR count). The summed E-state index contributed by atoms with van der Waals surface area (Å²) in [5.41, 5.74) is 0.899. The topological polar surface area (TPSA) is 68.8 Å². The van der Waals surface area contributed by atoms with Crippen LogP contribution in [0.2, 0.25) is 0 Å². The van der Waals surface area contributed by atoms with Crippen LogP contribution in [-0.4, -0.2) is 39.8 Å². The normalized spacial score (nSPS) is 16.6. The van der Waals surface area contributed by atoms with Gasteiger partial charge in [0.2, 0.25) is 11.7 Å². The lowest BCUT2D eigenvalue weighted by Crippen LogP contribution is -2.40. The van der Waals surface area contributed by atoms with E-state index in [1.54, 1.807) is 21.3 Å². The summed E-state index contributed by atoms with van der Waals surface area (Å²) in [6, 6.07) is 3.60. The van der Waals surface area contributed by atoms with Crippen LogP contribution in [0.1, 0.15) is 18.4 Å². The lowest BCUT2D eigenvalue weighted by molar-refractivity contribution is -0.122. The van der Waals surface area contributed by atoms with E-state index >= 15 is 0 Å². The SMILES string of the molecule is COc1cc(CNC(=O)[C@@H]2CCCN2)cc(OC)c1OC.Cl. The molecule has 1 saturated heterocycles. The minimum absolute atomic E-state index is 0. The zero-order chi connectivity index (χ0) is 15.2. The quantitative estimate of drug-likeness (QED) is 0.827. The van der Waals surface area contributed by atoms with Crippen molar-refractivity contribution in [1.82, 2.24) is 10.6 Å². The van der Waals surface area contributed by atoms with Crippen molar-refractivity contribution in [2.45, 2.75) is 25.4 Å². The minimum Gasteiger partial charge on any atom is -0.493 e. The number of carbonyl (C=O) groups excluding carboxylic acids is 1. The summed E-state index contributed by atoms with van der Waals surface area (Å²) in [5, 5.41) is 6.10. The molecule has 124 valence electrons. The van der Waals surface area contributed by atoms with Crippen molar-refractivity contribution in [1.29, 1.82) is 0 Å². The molecule has 1 fully saturated rings. The van der Waals surface area contributed by atoms with Crippen molar-refractivity contribution < 1.29 is 19.0 Å². The minimum atomic E-state index is -0.0768. The second kappa shape index (κ2) is 8.70. The predicted molar refractivity (Wildman–Crippen MR) is 86.2 cm³/mol. The Kier molecular flexibility index (Phi) is 7.27. The summed E-state index contributed by atoms with van der Waals surface area (Å²) in [4.78, 5) is 12.0. The molecule has 2 N–H and O–H groups in total. The molecule has 7 heteroatoms. The number of hydrogen-bond acceptors (Lipinski definition) is 5. The van der Waals surface area contributed by atoms with Crippen LogP contribution in [0.15, 0.2) is 12.1 Å². The van der Waals surface area contributed by atoms with E-state index in [0.29, 0.717) is 23.8 Å². The second-order valence-electron chi connectivity index (χ2n) is 4.90. The van der Waals surface area contributed by atoms with Gasteiger partial charge in [-0.3, -0.25) is 4.79 Å². The van der Waals surface area contributed by atoms with Gasteiger partial charge in [0.25, 0.3) is 0 Å². The van der Waals surface area contributed by atoms with E-state index in [4.69, 9.17) is 14.2 Å². The largest absolute Gasteiger partial charge is 0.493 e. The standard InChI is InChI=1S/C15H22N2O4.ClH/c1-19-12-7-10(8-13(20-2)14(12)21-3)9-17-15(18)11-5-4-6-16-11;/h7-8,11,16H,4-6,9H2,1-3H3,(H,17,18);1H/t11-;/m0./s1. The van der Waals surface area contributed by atoms with Crippen LogP contribution in [-0.2, 0) is 11.3 Å². The van der Waals surface area contributed by atoms with Crippen LogP contribution in [0.25, 0.3) is 0 Å². The molecule has 0 radical (unpaired) electrons. The van der Waals surface area contributed by atoms with Crippen LogP contribution >= 0.6 is 12.4 Å². The molecule has 0 aromatic heterocycles. The molecule has 1 aliphatic rings. The molecule has 0 unspecified atom stereocenters. The van der Waals surface area contributed by atoms with Crippen molar-refractivity contribution in [3.8, 4) is 17.2 Å². The molecule has 0 aliphatic carbocycles. The van der Waals surface area contributed by atoms with E-state index in [0.717, 1.165) is 24.9 Å². The molecule has 0 bridgehead atoms. The Hall–Kier alpha value is -1.66. The van der Waals surface area contributed by atoms with Gasteiger partial charge in [-0.25, -0.2) is 0 Å². The fourth-order valence-electron chi connectivity index (χ4n) is 2.46. The highest BCUT2D eigenvalue weighted by atomic mass is 35.5. The Morgan fingerprint density at radius 3 is 2.32 bits per heavy atom. The maximum absolute atomic E-state index is 12.0. The van der Waals surface area contributed by atoms with Crippen molar-refractivity contribution in [2.75, 3.05) is 27.9 Å². The molecule has 22 heavy (non-hydrogen) atoms. The van der Waals surface area contributed by atoms with Gasteiger partial charge in [-0.1, -0.05) is 0 Å². The summed E-state index contributed by atoms with van der Waals surface area (Å²) in [7, 11) is 4.71. The first-order valence-electron chi connectivity index (χ1n) is 6.99. The highest BCUT2D eigenvalue weighted by Crippen LogP contribution is 2.38. The molecular weight excluding hydrogens is 308 g/mol.